The zero-order valence-corrected chi connectivity index (χ0v) is 12.4. The lowest BCUT2D eigenvalue weighted by molar-refractivity contribution is -0.134. The average molecular weight is 307 g/mol. The molecule has 0 bridgehead atoms. The van der Waals surface area contributed by atoms with Crippen LogP contribution in [0, 0.1) is 0 Å². The van der Waals surface area contributed by atoms with Crippen LogP contribution in [-0.2, 0) is 22.7 Å². The lowest BCUT2D eigenvalue weighted by Gasteiger charge is -2.24. The van der Waals surface area contributed by atoms with Crippen molar-refractivity contribution in [2.45, 2.75) is 19.5 Å². The minimum Gasteiger partial charge on any atom is -0.346 e. The second-order valence-electron chi connectivity index (χ2n) is 3.58. The van der Waals surface area contributed by atoms with Gasteiger partial charge < -0.3 is 13.3 Å². The Labute approximate surface area is 117 Å². The van der Waals surface area contributed by atoms with Gasteiger partial charge in [-0.25, -0.2) is 4.79 Å². The predicted octanol–water partition coefficient (Wildman–Crippen LogP) is 3.69. The van der Waals surface area contributed by atoms with Crippen LogP contribution in [0.15, 0.2) is 30.3 Å². The van der Waals surface area contributed by atoms with Gasteiger partial charge in [-0.1, -0.05) is 30.3 Å². The van der Waals surface area contributed by atoms with E-state index in [4.69, 9.17) is 20.9 Å². The van der Waals surface area contributed by atoms with Crippen molar-refractivity contribution in [1.29, 1.82) is 0 Å². The fourth-order valence-corrected chi connectivity index (χ4v) is 3.76. The summed E-state index contributed by atoms with van der Waals surface area (Å²) in [6.45, 7) is 3.63. The molecule has 1 aromatic rings. The topological polar surface area (TPSA) is 61.8 Å². The minimum absolute atomic E-state index is 0.149. The van der Waals surface area contributed by atoms with Gasteiger partial charge in [0.05, 0.1) is 13.2 Å². The molecule has 0 aromatic heterocycles. The van der Waals surface area contributed by atoms with Crippen molar-refractivity contribution in [3.63, 3.8) is 0 Å². The highest BCUT2D eigenvalue weighted by Crippen LogP contribution is 2.61. The molecule has 19 heavy (non-hydrogen) atoms. The first-order chi connectivity index (χ1) is 9.09. The first-order valence-electron chi connectivity index (χ1n) is 5.85. The molecule has 0 aliphatic heterocycles. The zero-order chi connectivity index (χ0) is 14.3. The normalized spacial score (nSPS) is 13.0. The summed E-state index contributed by atoms with van der Waals surface area (Å²) in [4.78, 5) is 11.8. The summed E-state index contributed by atoms with van der Waals surface area (Å²) < 4.78 is 27.3. The second kappa shape index (κ2) is 7.65. The van der Waals surface area contributed by atoms with E-state index in [-0.39, 0.29) is 13.2 Å². The van der Waals surface area contributed by atoms with Crippen LogP contribution in [0.1, 0.15) is 25.1 Å². The van der Waals surface area contributed by atoms with E-state index in [2.05, 4.69) is 4.29 Å². The highest BCUT2D eigenvalue weighted by atomic mass is 35.5. The molecule has 1 unspecified atom stereocenters. The number of benzene rings is 1. The van der Waals surface area contributed by atoms with Crippen LogP contribution in [0.25, 0.3) is 0 Å². The number of halogens is 1. The van der Waals surface area contributed by atoms with E-state index in [1.807, 2.05) is 0 Å². The average Bonchev–Trinajstić information content (AvgIpc) is 2.40. The van der Waals surface area contributed by atoms with Crippen molar-refractivity contribution in [2.24, 2.45) is 0 Å². The van der Waals surface area contributed by atoms with Crippen molar-refractivity contribution in [3.05, 3.63) is 35.9 Å². The molecular formula is C12H16ClO5P. The molecule has 5 nitrogen and oxygen atoms in total. The molecular weight excluding hydrogens is 291 g/mol. The van der Waals surface area contributed by atoms with Gasteiger partial charge in [0, 0.05) is 0 Å². The maximum Gasteiger partial charge on any atom is 0.349 e. The summed E-state index contributed by atoms with van der Waals surface area (Å²) in [6.07, 6.45) is 0. The van der Waals surface area contributed by atoms with Crippen LogP contribution in [0.3, 0.4) is 0 Å². The monoisotopic (exact) mass is 306 g/mol. The molecule has 0 heterocycles. The fraction of sp³-hybridized carbons (Fsp3) is 0.417. The van der Waals surface area contributed by atoms with E-state index in [9.17, 15) is 9.36 Å². The quantitative estimate of drug-likeness (QED) is 0.719. The molecule has 0 N–H and O–H groups in total. The Hall–Kier alpha value is -0.870. The van der Waals surface area contributed by atoms with Crippen LogP contribution in [0.2, 0.25) is 0 Å². The van der Waals surface area contributed by atoms with Crippen molar-refractivity contribution in [3.8, 4) is 0 Å². The Bertz CT molecular complexity index is 441. The maximum absolute atomic E-state index is 12.7. The van der Waals surface area contributed by atoms with Gasteiger partial charge in [0.15, 0.2) is 5.66 Å². The Kier molecular flexibility index (Phi) is 6.52. The molecule has 1 aromatic carbocycles. The van der Waals surface area contributed by atoms with Gasteiger partial charge in [0.1, 0.15) is 11.9 Å². The molecule has 0 saturated carbocycles. The lowest BCUT2D eigenvalue weighted by Crippen LogP contribution is -2.16. The number of carbonyl (C=O) groups excluding carboxylic acids is 1. The smallest absolute Gasteiger partial charge is 0.346 e. The number of rotatable bonds is 7. The van der Waals surface area contributed by atoms with Crippen LogP contribution >= 0.6 is 19.5 Å². The van der Waals surface area contributed by atoms with Gasteiger partial charge in [0.25, 0.3) is 0 Å². The van der Waals surface area contributed by atoms with E-state index < -0.39 is 19.2 Å². The van der Waals surface area contributed by atoms with Crippen molar-refractivity contribution >= 4 is 25.4 Å². The Morgan fingerprint density at radius 1 is 1.21 bits per heavy atom. The van der Waals surface area contributed by atoms with Gasteiger partial charge >= 0.3 is 13.6 Å². The standard InChI is InChI=1S/C12H16ClO5P/c1-3-16-19(15,17-4-2)11(12(14)18-13)10-8-6-5-7-9-10/h5-9,11H,3-4H2,1-2H3. The Morgan fingerprint density at radius 3 is 2.16 bits per heavy atom. The second-order valence-corrected chi connectivity index (χ2v) is 5.85. The van der Waals surface area contributed by atoms with E-state index in [0.717, 1.165) is 0 Å². The highest BCUT2D eigenvalue weighted by molar-refractivity contribution is 7.55. The van der Waals surface area contributed by atoms with Gasteiger partial charge in [-0.2, -0.15) is 0 Å². The van der Waals surface area contributed by atoms with Gasteiger partial charge in [-0.05, 0) is 19.4 Å². The van der Waals surface area contributed by atoms with Gasteiger partial charge in [0.2, 0.25) is 0 Å². The summed E-state index contributed by atoms with van der Waals surface area (Å²) in [6, 6.07) is 8.49. The number of hydrogen-bond donors (Lipinski definition) is 0. The Balaban J connectivity index is 3.22. The molecule has 0 fully saturated rings. The molecule has 106 valence electrons. The summed E-state index contributed by atoms with van der Waals surface area (Å²) in [5.74, 6) is -0.863. The maximum atomic E-state index is 12.7. The third-order valence-corrected chi connectivity index (χ3v) is 4.88. The largest absolute Gasteiger partial charge is 0.349 e. The zero-order valence-electron chi connectivity index (χ0n) is 10.7. The van der Waals surface area contributed by atoms with E-state index in [0.29, 0.717) is 5.56 Å². The molecule has 0 radical (unpaired) electrons. The van der Waals surface area contributed by atoms with Gasteiger partial charge in [-0.15, -0.1) is 0 Å². The third kappa shape index (κ3) is 4.05. The minimum atomic E-state index is -3.68. The van der Waals surface area contributed by atoms with E-state index >= 15 is 0 Å². The number of hydrogen-bond acceptors (Lipinski definition) is 5. The van der Waals surface area contributed by atoms with Crippen LogP contribution in [-0.4, -0.2) is 19.2 Å². The van der Waals surface area contributed by atoms with E-state index in [1.165, 1.54) is 0 Å². The summed E-state index contributed by atoms with van der Waals surface area (Å²) >= 11 is 5.12. The number of carbonyl (C=O) groups is 1. The van der Waals surface area contributed by atoms with Crippen molar-refractivity contribution in [1.82, 2.24) is 0 Å². The molecule has 1 atom stereocenters. The molecule has 0 aliphatic carbocycles. The Morgan fingerprint density at radius 2 is 1.74 bits per heavy atom. The van der Waals surface area contributed by atoms with Crippen LogP contribution in [0.4, 0.5) is 0 Å². The summed E-state index contributed by atoms with van der Waals surface area (Å²) in [5, 5.41) is 0. The van der Waals surface area contributed by atoms with Crippen molar-refractivity contribution in [2.75, 3.05) is 13.2 Å². The van der Waals surface area contributed by atoms with Gasteiger partial charge in [-0.3, -0.25) is 4.57 Å². The molecule has 0 aliphatic rings. The van der Waals surface area contributed by atoms with Crippen LogP contribution < -0.4 is 0 Å². The highest BCUT2D eigenvalue weighted by Gasteiger charge is 2.43. The van der Waals surface area contributed by atoms with E-state index in [1.54, 1.807) is 44.2 Å². The molecule has 7 heteroatoms. The third-order valence-electron chi connectivity index (χ3n) is 2.35. The summed E-state index contributed by atoms with van der Waals surface area (Å²) in [5.41, 5.74) is -0.718. The predicted molar refractivity (Wildman–Crippen MR) is 72.0 cm³/mol. The SMILES string of the molecule is CCOP(=O)(OCC)C(C(=O)OCl)c1ccccc1. The summed E-state index contributed by atoms with van der Waals surface area (Å²) in [7, 11) is -3.68. The molecule has 1 rings (SSSR count). The van der Waals surface area contributed by atoms with Crippen molar-refractivity contribution < 1.29 is 22.7 Å². The lowest BCUT2D eigenvalue weighted by atomic mass is 10.1. The van der Waals surface area contributed by atoms with Crippen LogP contribution in [0.5, 0.6) is 0 Å². The molecule has 0 saturated heterocycles. The first kappa shape index (κ1) is 16.2. The first-order valence-corrected chi connectivity index (χ1v) is 7.77. The molecule has 0 spiro atoms. The fourth-order valence-electron chi connectivity index (χ4n) is 1.67. The molecule has 0 amide bonds.